The molecular weight excluding hydrogens is 295 g/mol. The fourth-order valence-corrected chi connectivity index (χ4v) is 4.26. The number of hydrogen-bond acceptors (Lipinski definition) is 3. The first kappa shape index (κ1) is 14.6. The number of halogens is 3. The van der Waals surface area contributed by atoms with Crippen LogP contribution in [0.2, 0.25) is 0 Å². The zero-order valence-electron chi connectivity index (χ0n) is 9.92. The monoisotopic (exact) mass is 307 g/mol. The highest BCUT2D eigenvalue weighted by Gasteiger charge is 2.18. The van der Waals surface area contributed by atoms with Gasteiger partial charge in [0.2, 0.25) is 0 Å². The Morgan fingerprint density at radius 1 is 1.26 bits per heavy atom. The first-order valence-corrected chi connectivity index (χ1v) is 7.90. The summed E-state index contributed by atoms with van der Waals surface area (Å²) >= 11 is 3.58. The van der Waals surface area contributed by atoms with Crippen LogP contribution in [-0.2, 0) is 0 Å². The van der Waals surface area contributed by atoms with E-state index < -0.39 is 23.4 Å². The van der Waals surface area contributed by atoms with Crippen molar-refractivity contribution in [2.75, 3.05) is 23.8 Å². The average Bonchev–Trinajstić information content (AvgIpc) is 2.42. The molecule has 1 saturated heterocycles. The van der Waals surface area contributed by atoms with Gasteiger partial charge < -0.3 is 5.32 Å². The van der Waals surface area contributed by atoms with Crippen molar-refractivity contribution >= 4 is 29.4 Å². The number of rotatable bonds is 3. The van der Waals surface area contributed by atoms with Crippen molar-refractivity contribution in [2.45, 2.75) is 5.25 Å². The highest BCUT2D eigenvalue weighted by atomic mass is 32.2. The normalized spacial score (nSPS) is 19.2. The molecule has 19 heavy (non-hydrogen) atoms. The third-order valence-electron chi connectivity index (χ3n) is 2.62. The summed E-state index contributed by atoms with van der Waals surface area (Å²) in [6.45, 7) is 0.442. The standard InChI is InChI=1S/C12H12F3NOS2/c13-9-3-7(4-10(14)11(9)15)12(17)16-5-8-6-18-1-2-19-8/h3-4,8H,1-2,5-6H2,(H,16,17). The van der Waals surface area contributed by atoms with Gasteiger partial charge in [-0.15, -0.1) is 0 Å². The van der Waals surface area contributed by atoms with Crippen molar-refractivity contribution in [3.8, 4) is 0 Å². The highest BCUT2D eigenvalue weighted by Crippen LogP contribution is 2.23. The Balaban J connectivity index is 1.96. The number of thioether (sulfide) groups is 2. The Labute approximate surface area is 117 Å². The zero-order chi connectivity index (χ0) is 13.8. The van der Waals surface area contributed by atoms with E-state index in [9.17, 15) is 18.0 Å². The number of carbonyl (C=O) groups excluding carboxylic acids is 1. The zero-order valence-corrected chi connectivity index (χ0v) is 11.6. The molecule has 0 bridgehead atoms. The first-order valence-electron chi connectivity index (χ1n) is 5.70. The fraction of sp³-hybridized carbons (Fsp3) is 0.417. The highest BCUT2D eigenvalue weighted by molar-refractivity contribution is 8.06. The largest absolute Gasteiger partial charge is 0.351 e. The second-order valence-corrected chi connectivity index (χ2v) is 6.59. The van der Waals surface area contributed by atoms with E-state index in [0.717, 1.165) is 17.3 Å². The van der Waals surface area contributed by atoms with Gasteiger partial charge in [-0.1, -0.05) is 0 Å². The Morgan fingerprint density at radius 2 is 1.95 bits per heavy atom. The van der Waals surface area contributed by atoms with E-state index in [1.54, 1.807) is 11.8 Å². The molecule has 1 heterocycles. The first-order chi connectivity index (χ1) is 9.08. The quantitative estimate of drug-likeness (QED) is 0.871. The van der Waals surface area contributed by atoms with Crippen LogP contribution in [0.3, 0.4) is 0 Å². The van der Waals surface area contributed by atoms with E-state index in [2.05, 4.69) is 5.32 Å². The van der Waals surface area contributed by atoms with E-state index in [-0.39, 0.29) is 5.56 Å². The molecular formula is C12H12F3NOS2. The van der Waals surface area contributed by atoms with Gasteiger partial charge in [0.25, 0.3) is 5.91 Å². The number of hydrogen-bond donors (Lipinski definition) is 1. The number of carbonyl (C=O) groups is 1. The minimum absolute atomic E-state index is 0.204. The van der Waals surface area contributed by atoms with Crippen molar-refractivity contribution in [2.24, 2.45) is 0 Å². The van der Waals surface area contributed by atoms with Crippen LogP contribution in [0.25, 0.3) is 0 Å². The van der Waals surface area contributed by atoms with Gasteiger partial charge in [0.1, 0.15) is 0 Å². The number of nitrogens with one attached hydrogen (secondary N) is 1. The summed E-state index contributed by atoms with van der Waals surface area (Å²) in [4.78, 5) is 11.7. The van der Waals surface area contributed by atoms with Gasteiger partial charge in [0.15, 0.2) is 17.5 Å². The fourth-order valence-electron chi connectivity index (χ4n) is 1.65. The summed E-state index contributed by atoms with van der Waals surface area (Å²) in [6, 6.07) is 1.41. The Bertz CT molecular complexity index is 455. The van der Waals surface area contributed by atoms with E-state index in [0.29, 0.717) is 23.9 Å². The summed E-state index contributed by atoms with van der Waals surface area (Å²) < 4.78 is 38.7. The van der Waals surface area contributed by atoms with Crippen LogP contribution >= 0.6 is 23.5 Å². The lowest BCUT2D eigenvalue weighted by Crippen LogP contribution is -2.33. The molecule has 2 rings (SSSR count). The van der Waals surface area contributed by atoms with E-state index in [1.165, 1.54) is 0 Å². The van der Waals surface area contributed by atoms with Crippen LogP contribution in [0, 0.1) is 17.5 Å². The molecule has 1 atom stereocenters. The van der Waals surface area contributed by atoms with Gasteiger partial charge in [-0.2, -0.15) is 23.5 Å². The third kappa shape index (κ3) is 3.82. The van der Waals surface area contributed by atoms with Crippen molar-refractivity contribution in [1.29, 1.82) is 0 Å². The minimum atomic E-state index is -1.56. The molecule has 1 fully saturated rings. The second kappa shape index (κ2) is 6.56. The molecule has 0 saturated carbocycles. The maximum Gasteiger partial charge on any atom is 0.251 e. The summed E-state index contributed by atoms with van der Waals surface area (Å²) in [5.41, 5.74) is -0.204. The van der Waals surface area contributed by atoms with Crippen molar-refractivity contribution in [3.05, 3.63) is 35.1 Å². The molecule has 1 unspecified atom stereocenters. The lowest BCUT2D eigenvalue weighted by atomic mass is 10.2. The molecule has 1 amide bonds. The Kier molecular flexibility index (Phi) is 5.04. The molecule has 104 valence electrons. The van der Waals surface area contributed by atoms with Crippen LogP contribution in [0.15, 0.2) is 12.1 Å². The van der Waals surface area contributed by atoms with Crippen molar-refractivity contribution in [1.82, 2.24) is 5.32 Å². The topological polar surface area (TPSA) is 29.1 Å². The predicted molar refractivity (Wildman–Crippen MR) is 72.2 cm³/mol. The maximum atomic E-state index is 13.0. The molecule has 7 heteroatoms. The van der Waals surface area contributed by atoms with Crippen molar-refractivity contribution in [3.63, 3.8) is 0 Å². The molecule has 1 aliphatic rings. The van der Waals surface area contributed by atoms with Gasteiger partial charge >= 0.3 is 0 Å². The van der Waals surface area contributed by atoms with Crippen LogP contribution in [0.5, 0.6) is 0 Å². The molecule has 0 aromatic heterocycles. The predicted octanol–water partition coefficient (Wildman–Crippen LogP) is 2.68. The van der Waals surface area contributed by atoms with Crippen LogP contribution < -0.4 is 5.32 Å². The summed E-state index contributed by atoms with van der Waals surface area (Å²) in [6.07, 6.45) is 0. The summed E-state index contributed by atoms with van der Waals surface area (Å²) in [5.74, 6) is -1.78. The lowest BCUT2D eigenvalue weighted by molar-refractivity contribution is 0.0953. The molecule has 0 spiro atoms. The average molecular weight is 307 g/mol. The second-order valence-electron chi connectivity index (χ2n) is 4.03. The van der Waals surface area contributed by atoms with Crippen LogP contribution in [0.1, 0.15) is 10.4 Å². The Hall–Kier alpha value is -0.820. The van der Waals surface area contributed by atoms with Gasteiger partial charge in [0.05, 0.1) is 0 Å². The number of amides is 1. The molecule has 0 aliphatic carbocycles. The summed E-state index contributed by atoms with van der Waals surface area (Å²) in [5, 5.41) is 2.92. The van der Waals surface area contributed by atoms with Gasteiger partial charge in [-0.3, -0.25) is 4.79 Å². The molecule has 1 aromatic rings. The van der Waals surface area contributed by atoms with Gasteiger partial charge in [-0.25, -0.2) is 13.2 Å². The lowest BCUT2D eigenvalue weighted by Gasteiger charge is -2.21. The molecule has 0 radical (unpaired) electrons. The molecule has 1 N–H and O–H groups in total. The molecule has 1 aliphatic heterocycles. The minimum Gasteiger partial charge on any atom is -0.351 e. The summed E-state index contributed by atoms with van der Waals surface area (Å²) in [7, 11) is 0. The van der Waals surface area contributed by atoms with Crippen LogP contribution in [0.4, 0.5) is 13.2 Å². The van der Waals surface area contributed by atoms with Gasteiger partial charge in [-0.05, 0) is 12.1 Å². The van der Waals surface area contributed by atoms with Gasteiger partial charge in [0, 0.05) is 34.6 Å². The number of benzene rings is 1. The van der Waals surface area contributed by atoms with Crippen molar-refractivity contribution < 1.29 is 18.0 Å². The smallest absolute Gasteiger partial charge is 0.251 e. The third-order valence-corrected chi connectivity index (χ3v) is 5.47. The molecule has 1 aromatic carbocycles. The Morgan fingerprint density at radius 3 is 2.53 bits per heavy atom. The van der Waals surface area contributed by atoms with Crippen LogP contribution in [-0.4, -0.2) is 35.0 Å². The SMILES string of the molecule is O=C(NCC1CSCCS1)c1cc(F)c(F)c(F)c1. The van der Waals surface area contributed by atoms with E-state index in [1.807, 2.05) is 11.8 Å². The van der Waals surface area contributed by atoms with E-state index in [4.69, 9.17) is 0 Å². The van der Waals surface area contributed by atoms with E-state index >= 15 is 0 Å². The maximum absolute atomic E-state index is 13.0. The molecule has 2 nitrogen and oxygen atoms in total.